The number of ether oxygens (including phenoxy) is 2. The molecule has 2 atom stereocenters. The summed E-state index contributed by atoms with van der Waals surface area (Å²) in [5.41, 5.74) is 1.23. The summed E-state index contributed by atoms with van der Waals surface area (Å²) in [4.78, 5) is 0. The molecule has 146 valence electrons. The molecule has 0 saturated carbocycles. The number of hydrogen-bond donors (Lipinski definition) is 1. The van der Waals surface area contributed by atoms with Crippen LogP contribution in [0.25, 0.3) is 0 Å². The minimum atomic E-state index is -0.280. The highest BCUT2D eigenvalue weighted by Gasteiger charge is 2.27. The number of piperidine rings is 1. The van der Waals surface area contributed by atoms with Gasteiger partial charge in [-0.25, -0.2) is 4.39 Å². The van der Waals surface area contributed by atoms with Crippen LogP contribution in [-0.4, -0.2) is 26.8 Å². The molecule has 0 aliphatic carbocycles. The number of methoxy groups -OCH3 is 1. The Bertz CT molecular complexity index is 700. The molecule has 3 rings (SSSR count). The first kappa shape index (κ1) is 19.8. The average Bonchev–Trinajstić information content (AvgIpc) is 2.70. The lowest BCUT2D eigenvalue weighted by Crippen LogP contribution is -2.33. The van der Waals surface area contributed by atoms with E-state index in [1.54, 1.807) is 19.2 Å². The standard InChI is InChI=1S/C23H30FNO2/c1-26-15-5-4-11-21(18-8-7-14-25-17-18)22-12-2-3-13-23(22)27-20-10-6-9-19(24)16-20/h2-3,6,9-10,12-13,16,18,21,25H,4-5,7-8,11,14-15,17H2,1H3/t18-,21-/m0/s1. The van der Waals surface area contributed by atoms with Crippen LogP contribution in [0.3, 0.4) is 0 Å². The van der Waals surface area contributed by atoms with E-state index in [0.717, 1.165) is 44.7 Å². The third-order valence-electron chi connectivity index (χ3n) is 5.36. The number of unbranched alkanes of at least 4 members (excludes halogenated alkanes) is 1. The van der Waals surface area contributed by atoms with E-state index >= 15 is 0 Å². The van der Waals surface area contributed by atoms with Gasteiger partial charge in [-0.1, -0.05) is 30.7 Å². The molecule has 3 nitrogen and oxygen atoms in total. The Hall–Kier alpha value is -1.91. The van der Waals surface area contributed by atoms with Crippen molar-refractivity contribution in [3.8, 4) is 11.5 Å². The van der Waals surface area contributed by atoms with E-state index in [0.29, 0.717) is 17.6 Å². The van der Waals surface area contributed by atoms with Crippen LogP contribution in [0, 0.1) is 11.7 Å². The second-order valence-corrected chi connectivity index (χ2v) is 7.30. The molecule has 0 amide bonds. The summed E-state index contributed by atoms with van der Waals surface area (Å²) in [6, 6.07) is 14.6. The number of hydrogen-bond acceptors (Lipinski definition) is 3. The predicted molar refractivity (Wildman–Crippen MR) is 107 cm³/mol. The Balaban J connectivity index is 1.81. The van der Waals surface area contributed by atoms with Gasteiger partial charge in [0.05, 0.1) is 0 Å². The van der Waals surface area contributed by atoms with E-state index in [-0.39, 0.29) is 5.82 Å². The van der Waals surface area contributed by atoms with Crippen LogP contribution < -0.4 is 10.1 Å². The minimum absolute atomic E-state index is 0.280. The smallest absolute Gasteiger partial charge is 0.130 e. The van der Waals surface area contributed by atoms with Gasteiger partial charge in [0.2, 0.25) is 0 Å². The van der Waals surface area contributed by atoms with Crippen molar-refractivity contribution in [1.29, 1.82) is 0 Å². The zero-order valence-electron chi connectivity index (χ0n) is 16.1. The molecule has 1 N–H and O–H groups in total. The largest absolute Gasteiger partial charge is 0.457 e. The minimum Gasteiger partial charge on any atom is -0.457 e. The van der Waals surface area contributed by atoms with Crippen LogP contribution in [0.4, 0.5) is 4.39 Å². The summed E-state index contributed by atoms with van der Waals surface area (Å²) in [7, 11) is 1.75. The zero-order valence-corrected chi connectivity index (χ0v) is 16.1. The molecule has 1 saturated heterocycles. The Labute approximate surface area is 161 Å². The van der Waals surface area contributed by atoms with E-state index in [1.807, 2.05) is 12.1 Å². The van der Waals surface area contributed by atoms with Crippen molar-refractivity contribution in [3.63, 3.8) is 0 Å². The second kappa shape index (κ2) is 10.4. The molecule has 0 radical (unpaired) electrons. The topological polar surface area (TPSA) is 30.5 Å². The summed E-state index contributed by atoms with van der Waals surface area (Å²) in [5, 5.41) is 3.55. The Morgan fingerprint density at radius 1 is 1.15 bits per heavy atom. The van der Waals surface area contributed by atoms with Crippen molar-refractivity contribution in [1.82, 2.24) is 5.32 Å². The maximum atomic E-state index is 13.6. The molecule has 4 heteroatoms. The highest BCUT2D eigenvalue weighted by atomic mass is 19.1. The summed E-state index contributed by atoms with van der Waals surface area (Å²) < 4.78 is 24.9. The number of rotatable bonds is 9. The molecule has 2 aromatic rings. The van der Waals surface area contributed by atoms with Gasteiger partial charge in [-0.05, 0) is 74.4 Å². The van der Waals surface area contributed by atoms with Gasteiger partial charge < -0.3 is 14.8 Å². The van der Waals surface area contributed by atoms with Crippen LogP contribution >= 0.6 is 0 Å². The molecular formula is C23H30FNO2. The van der Waals surface area contributed by atoms with Crippen LogP contribution in [0.2, 0.25) is 0 Å². The van der Waals surface area contributed by atoms with Gasteiger partial charge >= 0.3 is 0 Å². The summed E-state index contributed by atoms with van der Waals surface area (Å²) in [6.45, 7) is 2.95. The molecular weight excluding hydrogens is 341 g/mol. The summed E-state index contributed by atoms with van der Waals surface area (Å²) in [5.74, 6) is 2.13. The third kappa shape index (κ3) is 5.78. The molecule has 27 heavy (non-hydrogen) atoms. The number of halogens is 1. The maximum Gasteiger partial charge on any atom is 0.130 e. The molecule has 0 unspecified atom stereocenters. The van der Waals surface area contributed by atoms with Crippen molar-refractivity contribution in [2.75, 3.05) is 26.8 Å². The molecule has 1 aliphatic heterocycles. The van der Waals surface area contributed by atoms with Crippen LogP contribution in [0.15, 0.2) is 48.5 Å². The fourth-order valence-electron chi connectivity index (χ4n) is 4.02. The van der Waals surface area contributed by atoms with Crippen LogP contribution in [0.1, 0.15) is 43.6 Å². The molecule has 0 bridgehead atoms. The Morgan fingerprint density at radius 2 is 2.04 bits per heavy atom. The van der Waals surface area contributed by atoms with E-state index in [1.165, 1.54) is 30.5 Å². The van der Waals surface area contributed by atoms with Crippen molar-refractivity contribution >= 4 is 0 Å². The van der Waals surface area contributed by atoms with Gasteiger partial charge in [0.15, 0.2) is 0 Å². The first-order valence-corrected chi connectivity index (χ1v) is 10.00. The summed E-state index contributed by atoms with van der Waals surface area (Å²) >= 11 is 0. The van der Waals surface area contributed by atoms with Crippen molar-refractivity contribution in [2.24, 2.45) is 5.92 Å². The quantitative estimate of drug-likeness (QED) is 0.589. The molecule has 0 aromatic heterocycles. The highest BCUT2D eigenvalue weighted by molar-refractivity contribution is 5.40. The van der Waals surface area contributed by atoms with E-state index in [9.17, 15) is 4.39 Å². The van der Waals surface area contributed by atoms with Gasteiger partial charge in [0.1, 0.15) is 17.3 Å². The SMILES string of the molecule is COCCCC[C@H](c1ccccc1Oc1cccc(F)c1)[C@H]1CCCNC1. The lowest BCUT2D eigenvalue weighted by atomic mass is 9.78. The first-order valence-electron chi connectivity index (χ1n) is 10.00. The molecule has 1 fully saturated rings. The summed E-state index contributed by atoms with van der Waals surface area (Å²) in [6.07, 6.45) is 5.75. The third-order valence-corrected chi connectivity index (χ3v) is 5.36. The first-order chi connectivity index (χ1) is 13.3. The van der Waals surface area contributed by atoms with Crippen molar-refractivity contribution in [2.45, 2.75) is 38.0 Å². The van der Waals surface area contributed by atoms with Crippen molar-refractivity contribution < 1.29 is 13.9 Å². The highest BCUT2D eigenvalue weighted by Crippen LogP contribution is 2.40. The zero-order chi connectivity index (χ0) is 18.9. The second-order valence-electron chi connectivity index (χ2n) is 7.30. The lowest BCUT2D eigenvalue weighted by Gasteiger charge is -2.32. The van der Waals surface area contributed by atoms with Gasteiger partial charge in [-0.15, -0.1) is 0 Å². The maximum absolute atomic E-state index is 13.6. The van der Waals surface area contributed by atoms with Gasteiger partial charge in [0, 0.05) is 19.8 Å². The fourth-order valence-corrected chi connectivity index (χ4v) is 4.02. The molecule has 1 heterocycles. The van der Waals surface area contributed by atoms with Gasteiger partial charge in [0.25, 0.3) is 0 Å². The average molecular weight is 371 g/mol. The van der Waals surface area contributed by atoms with Gasteiger partial charge in [-0.3, -0.25) is 0 Å². The predicted octanol–water partition coefficient (Wildman–Crippen LogP) is 5.52. The van der Waals surface area contributed by atoms with E-state index < -0.39 is 0 Å². The Morgan fingerprint density at radius 3 is 2.81 bits per heavy atom. The van der Waals surface area contributed by atoms with E-state index in [2.05, 4.69) is 17.4 Å². The fraction of sp³-hybridized carbons (Fsp3) is 0.478. The van der Waals surface area contributed by atoms with Gasteiger partial charge in [-0.2, -0.15) is 0 Å². The normalized spacial score (nSPS) is 18.2. The number of para-hydroxylation sites is 1. The number of nitrogens with one attached hydrogen (secondary N) is 1. The van der Waals surface area contributed by atoms with Crippen LogP contribution in [-0.2, 0) is 4.74 Å². The Kier molecular flexibility index (Phi) is 7.66. The van der Waals surface area contributed by atoms with E-state index in [4.69, 9.17) is 9.47 Å². The number of benzene rings is 2. The molecule has 2 aromatic carbocycles. The molecule has 1 aliphatic rings. The van der Waals surface area contributed by atoms with Crippen molar-refractivity contribution in [3.05, 3.63) is 59.9 Å². The molecule has 0 spiro atoms. The monoisotopic (exact) mass is 371 g/mol. The lowest BCUT2D eigenvalue weighted by molar-refractivity contribution is 0.189. The van der Waals surface area contributed by atoms with Crippen LogP contribution in [0.5, 0.6) is 11.5 Å².